The third-order valence-electron chi connectivity index (χ3n) is 2.27. The van der Waals surface area contributed by atoms with Crippen molar-refractivity contribution >= 4 is 50.8 Å². The SMILES string of the molecule is CN(CCC(=O)O)S(=O)(=O)c1c(Cl)cc(Cl)cc1Cl. The maximum atomic E-state index is 12.2. The first kappa shape index (κ1) is 16.5. The molecule has 0 fully saturated rings. The molecular formula is C10H10Cl3NO4S. The lowest BCUT2D eigenvalue weighted by molar-refractivity contribution is -0.137. The number of hydrogen-bond donors (Lipinski definition) is 1. The summed E-state index contributed by atoms with van der Waals surface area (Å²) < 4.78 is 25.3. The molecule has 1 N–H and O–H groups in total. The summed E-state index contributed by atoms with van der Waals surface area (Å²) in [5, 5.41) is 8.54. The van der Waals surface area contributed by atoms with Gasteiger partial charge in [-0.3, -0.25) is 4.79 Å². The van der Waals surface area contributed by atoms with Crippen molar-refractivity contribution in [3.63, 3.8) is 0 Å². The zero-order valence-corrected chi connectivity index (χ0v) is 12.8. The molecule has 0 unspecified atom stereocenters. The van der Waals surface area contributed by atoms with Crippen molar-refractivity contribution in [3.8, 4) is 0 Å². The van der Waals surface area contributed by atoms with E-state index in [-0.39, 0.29) is 32.9 Å². The second kappa shape index (κ2) is 6.28. The number of hydrogen-bond acceptors (Lipinski definition) is 3. The van der Waals surface area contributed by atoms with Crippen LogP contribution in [0.25, 0.3) is 0 Å². The quantitative estimate of drug-likeness (QED) is 0.889. The van der Waals surface area contributed by atoms with E-state index in [1.807, 2.05) is 0 Å². The van der Waals surface area contributed by atoms with Gasteiger partial charge in [-0.15, -0.1) is 0 Å². The van der Waals surface area contributed by atoms with E-state index in [1.54, 1.807) is 0 Å². The number of carboxylic acid groups (broad SMARTS) is 1. The van der Waals surface area contributed by atoms with E-state index in [9.17, 15) is 13.2 Å². The fourth-order valence-electron chi connectivity index (χ4n) is 1.30. The Bertz CT molecular complexity index is 580. The van der Waals surface area contributed by atoms with E-state index < -0.39 is 16.0 Å². The average Bonchev–Trinajstić information content (AvgIpc) is 2.23. The number of aliphatic carboxylic acids is 1. The third kappa shape index (κ3) is 3.97. The highest BCUT2D eigenvalue weighted by Crippen LogP contribution is 2.34. The van der Waals surface area contributed by atoms with Crippen LogP contribution in [0.1, 0.15) is 6.42 Å². The number of carboxylic acids is 1. The lowest BCUT2D eigenvalue weighted by atomic mass is 10.4. The van der Waals surface area contributed by atoms with Gasteiger partial charge in [-0.1, -0.05) is 34.8 Å². The third-order valence-corrected chi connectivity index (χ3v) is 5.27. The van der Waals surface area contributed by atoms with Gasteiger partial charge in [0.1, 0.15) is 4.90 Å². The number of carbonyl (C=O) groups is 1. The van der Waals surface area contributed by atoms with Crippen LogP contribution in [0.5, 0.6) is 0 Å². The van der Waals surface area contributed by atoms with Crippen molar-refractivity contribution in [2.24, 2.45) is 0 Å². The maximum absolute atomic E-state index is 12.2. The number of sulfonamides is 1. The van der Waals surface area contributed by atoms with Crippen LogP contribution in [-0.4, -0.2) is 37.4 Å². The monoisotopic (exact) mass is 345 g/mol. The molecule has 106 valence electrons. The molecule has 0 spiro atoms. The highest BCUT2D eigenvalue weighted by molar-refractivity contribution is 7.89. The Kier molecular flexibility index (Phi) is 5.46. The molecule has 1 aromatic rings. The standard InChI is InChI=1S/C10H10Cl3NO4S/c1-14(3-2-9(15)16)19(17,18)10-7(12)4-6(11)5-8(10)13/h4-5H,2-3H2,1H3,(H,15,16). The van der Waals surface area contributed by atoms with Gasteiger partial charge in [0.2, 0.25) is 10.0 Å². The van der Waals surface area contributed by atoms with E-state index >= 15 is 0 Å². The topological polar surface area (TPSA) is 74.7 Å². The summed E-state index contributed by atoms with van der Waals surface area (Å²) in [5.74, 6) is -1.10. The molecule has 0 aliphatic heterocycles. The second-order valence-corrected chi connectivity index (χ2v) is 6.90. The molecule has 0 aromatic heterocycles. The number of nitrogens with zero attached hydrogens (tertiary/aromatic N) is 1. The lowest BCUT2D eigenvalue weighted by Gasteiger charge is -2.18. The molecule has 0 saturated heterocycles. The van der Waals surface area contributed by atoms with Gasteiger partial charge in [-0.25, -0.2) is 12.7 Å². The van der Waals surface area contributed by atoms with Crippen molar-refractivity contribution in [2.75, 3.05) is 13.6 Å². The maximum Gasteiger partial charge on any atom is 0.304 e. The van der Waals surface area contributed by atoms with Crippen molar-refractivity contribution in [2.45, 2.75) is 11.3 Å². The van der Waals surface area contributed by atoms with Gasteiger partial charge in [0.05, 0.1) is 16.5 Å². The molecule has 19 heavy (non-hydrogen) atoms. The first-order valence-corrected chi connectivity index (χ1v) is 7.56. The van der Waals surface area contributed by atoms with Gasteiger partial charge in [-0.2, -0.15) is 0 Å². The summed E-state index contributed by atoms with van der Waals surface area (Å²) in [6.07, 6.45) is -0.321. The Balaban J connectivity index is 3.17. The summed E-state index contributed by atoms with van der Waals surface area (Å²) in [4.78, 5) is 10.2. The minimum absolute atomic E-state index is 0.111. The van der Waals surface area contributed by atoms with E-state index in [2.05, 4.69) is 0 Å². The fourth-order valence-corrected chi connectivity index (χ4v) is 3.96. The molecule has 5 nitrogen and oxygen atoms in total. The molecule has 0 radical (unpaired) electrons. The lowest BCUT2D eigenvalue weighted by Crippen LogP contribution is -2.29. The molecule has 1 aromatic carbocycles. The van der Waals surface area contributed by atoms with E-state index in [1.165, 1.54) is 19.2 Å². The van der Waals surface area contributed by atoms with Crippen molar-refractivity contribution in [3.05, 3.63) is 27.2 Å². The Morgan fingerprint density at radius 2 is 1.74 bits per heavy atom. The van der Waals surface area contributed by atoms with Crippen molar-refractivity contribution in [1.29, 1.82) is 0 Å². The molecule has 0 atom stereocenters. The van der Waals surface area contributed by atoms with Gasteiger partial charge in [0.15, 0.2) is 0 Å². The summed E-state index contributed by atoms with van der Waals surface area (Å²) in [6.45, 7) is -0.188. The number of halogens is 3. The zero-order chi connectivity index (χ0) is 14.8. The van der Waals surface area contributed by atoms with Crippen molar-refractivity contribution < 1.29 is 18.3 Å². The minimum Gasteiger partial charge on any atom is -0.481 e. The Morgan fingerprint density at radius 3 is 2.16 bits per heavy atom. The van der Waals surface area contributed by atoms with Gasteiger partial charge < -0.3 is 5.11 Å². The van der Waals surface area contributed by atoms with Gasteiger partial charge >= 0.3 is 5.97 Å². The van der Waals surface area contributed by atoms with E-state index in [0.29, 0.717) is 0 Å². The molecule has 0 bridgehead atoms. The molecular weight excluding hydrogens is 337 g/mol. The van der Waals surface area contributed by atoms with E-state index in [4.69, 9.17) is 39.9 Å². The summed E-state index contributed by atoms with van der Waals surface area (Å²) in [6, 6.07) is 2.51. The van der Waals surface area contributed by atoms with Crippen LogP contribution in [0, 0.1) is 0 Å². The molecule has 0 saturated carbocycles. The molecule has 1 rings (SSSR count). The summed E-state index contributed by atoms with van der Waals surface area (Å²) >= 11 is 17.4. The van der Waals surface area contributed by atoms with Crippen LogP contribution in [0.15, 0.2) is 17.0 Å². The van der Waals surface area contributed by atoms with Crippen LogP contribution in [0.3, 0.4) is 0 Å². The van der Waals surface area contributed by atoms with Gasteiger partial charge in [-0.05, 0) is 12.1 Å². The minimum atomic E-state index is -3.97. The average molecular weight is 347 g/mol. The van der Waals surface area contributed by atoms with Crippen LogP contribution < -0.4 is 0 Å². The molecule has 0 heterocycles. The molecule has 0 amide bonds. The second-order valence-electron chi connectivity index (χ2n) is 3.67. The van der Waals surface area contributed by atoms with Crippen molar-refractivity contribution in [1.82, 2.24) is 4.31 Å². The highest BCUT2D eigenvalue weighted by Gasteiger charge is 2.27. The molecule has 9 heteroatoms. The van der Waals surface area contributed by atoms with Gasteiger partial charge in [0, 0.05) is 18.6 Å². The number of benzene rings is 1. The highest BCUT2D eigenvalue weighted by atomic mass is 35.5. The zero-order valence-electron chi connectivity index (χ0n) is 9.73. The summed E-state index contributed by atoms with van der Waals surface area (Å²) in [7, 11) is -2.72. The Hall–Kier alpha value is -0.530. The van der Waals surface area contributed by atoms with Crippen LogP contribution >= 0.6 is 34.8 Å². The fraction of sp³-hybridized carbons (Fsp3) is 0.300. The van der Waals surface area contributed by atoms with E-state index in [0.717, 1.165) is 4.31 Å². The van der Waals surface area contributed by atoms with Crippen LogP contribution in [0.2, 0.25) is 15.1 Å². The normalized spacial score (nSPS) is 11.8. The smallest absolute Gasteiger partial charge is 0.304 e. The Labute approximate surface area is 125 Å². The number of rotatable bonds is 5. The molecule has 0 aliphatic rings. The predicted molar refractivity (Wildman–Crippen MR) is 73.5 cm³/mol. The first-order valence-electron chi connectivity index (χ1n) is 4.99. The van der Waals surface area contributed by atoms with Crippen LogP contribution in [-0.2, 0) is 14.8 Å². The molecule has 0 aliphatic carbocycles. The largest absolute Gasteiger partial charge is 0.481 e. The Morgan fingerprint density at radius 1 is 1.26 bits per heavy atom. The summed E-state index contributed by atoms with van der Waals surface area (Å²) in [5.41, 5.74) is 0. The van der Waals surface area contributed by atoms with Gasteiger partial charge in [0.25, 0.3) is 0 Å². The first-order chi connectivity index (χ1) is 8.66. The van der Waals surface area contributed by atoms with Crippen LogP contribution in [0.4, 0.5) is 0 Å². The predicted octanol–water partition coefficient (Wildman–Crippen LogP) is 2.74.